The van der Waals surface area contributed by atoms with Crippen LogP contribution in [0.25, 0.3) is 10.1 Å². The van der Waals surface area contributed by atoms with Gasteiger partial charge in [-0.1, -0.05) is 78.9 Å². The Hall–Kier alpha value is -3.86. The molecule has 3 heterocycles. The van der Waals surface area contributed by atoms with Crippen LogP contribution in [0.3, 0.4) is 0 Å². The van der Waals surface area contributed by atoms with Gasteiger partial charge in [0.1, 0.15) is 0 Å². The Balaban J connectivity index is 0.912. The molecule has 10 rings (SSSR count). The van der Waals surface area contributed by atoms with Crippen LogP contribution in [-0.4, -0.2) is 12.2 Å². The van der Waals surface area contributed by atoms with Crippen molar-refractivity contribution in [2.75, 3.05) is 4.90 Å². The van der Waals surface area contributed by atoms with E-state index < -0.39 is 0 Å². The van der Waals surface area contributed by atoms with Gasteiger partial charge in [0.25, 0.3) is 0 Å². The summed E-state index contributed by atoms with van der Waals surface area (Å²) in [6.45, 7) is 0. The number of benzene rings is 2. The second kappa shape index (κ2) is 13.0. The number of anilines is 1. The van der Waals surface area contributed by atoms with Crippen molar-refractivity contribution >= 4 is 27.1 Å². The van der Waals surface area contributed by atoms with E-state index in [0.29, 0.717) is 29.7 Å². The Bertz CT molecular complexity index is 2000. The quantitative estimate of drug-likeness (QED) is 0.264. The summed E-state index contributed by atoms with van der Waals surface area (Å²) in [4.78, 5) is 4.31. The molecule has 4 heteroatoms. The zero-order valence-corrected chi connectivity index (χ0v) is 29.9. The Labute approximate surface area is 301 Å². The number of aryl methyl sites for hydroxylation is 2. The molecule has 7 atom stereocenters. The molecular weight excluding hydrogens is 627 g/mol. The van der Waals surface area contributed by atoms with Crippen LogP contribution in [0, 0.1) is 17.8 Å². The van der Waals surface area contributed by atoms with E-state index in [-0.39, 0.29) is 12.2 Å². The van der Waals surface area contributed by atoms with Gasteiger partial charge in [-0.3, -0.25) is 5.32 Å². The largest absolute Gasteiger partial charge is 0.372 e. The number of allylic oxidation sites excluding steroid dienone is 8. The first-order valence-corrected chi connectivity index (χ1v) is 20.3. The van der Waals surface area contributed by atoms with Gasteiger partial charge in [0.15, 0.2) is 0 Å². The van der Waals surface area contributed by atoms with Crippen molar-refractivity contribution in [3.63, 3.8) is 0 Å². The fraction of sp³-hybridized carbons (Fsp3) is 0.391. The van der Waals surface area contributed by atoms with Gasteiger partial charge in [0, 0.05) is 56.4 Å². The van der Waals surface area contributed by atoms with E-state index in [1.54, 1.807) is 16.0 Å². The topological polar surface area (TPSA) is 27.3 Å². The molecule has 0 amide bonds. The molecule has 0 fully saturated rings. The monoisotopic (exact) mass is 675 g/mol. The van der Waals surface area contributed by atoms with E-state index in [0.717, 1.165) is 6.42 Å². The van der Waals surface area contributed by atoms with Crippen LogP contribution >= 0.6 is 11.3 Å². The third-order valence-electron chi connectivity index (χ3n) is 12.7. The number of hydrogen-bond donors (Lipinski definition) is 2. The smallest absolute Gasteiger partial charge is 0.0839 e. The molecule has 0 spiro atoms. The van der Waals surface area contributed by atoms with Crippen LogP contribution in [0.15, 0.2) is 126 Å². The summed E-state index contributed by atoms with van der Waals surface area (Å²) >= 11 is 2.06. The number of nitrogens with zero attached hydrogens (tertiary/aromatic N) is 1. The molecule has 2 aliphatic heterocycles. The molecule has 0 bridgehead atoms. The Kier molecular flexibility index (Phi) is 8.06. The lowest BCUT2D eigenvalue weighted by Gasteiger charge is -2.39. The second-order valence-electron chi connectivity index (χ2n) is 15.7. The summed E-state index contributed by atoms with van der Waals surface area (Å²) in [5, 5.41) is 9.55. The SMILES string of the molecule is C1=CCC(C2NC(C3C=CC(c4ccc5c6c(sc5c4)CCCC6)CC3)=CC(c3ccc(N4C5=C(CCC=C5)C5C=CCCC54)cc3)N2)C=C1. The van der Waals surface area contributed by atoms with Gasteiger partial charge < -0.3 is 10.2 Å². The highest BCUT2D eigenvalue weighted by Crippen LogP contribution is 2.47. The maximum absolute atomic E-state index is 4.02. The molecule has 3 aromatic rings. The highest BCUT2D eigenvalue weighted by Gasteiger charge is 2.40. The minimum Gasteiger partial charge on any atom is -0.372 e. The number of thiophene rings is 1. The number of hydrogen-bond acceptors (Lipinski definition) is 4. The molecule has 0 radical (unpaired) electrons. The van der Waals surface area contributed by atoms with Gasteiger partial charge in [-0.2, -0.15) is 0 Å². The lowest BCUT2D eigenvalue weighted by Crippen LogP contribution is -2.52. The van der Waals surface area contributed by atoms with Crippen LogP contribution in [0.5, 0.6) is 0 Å². The predicted octanol–water partition coefficient (Wildman–Crippen LogP) is 10.9. The minimum absolute atomic E-state index is 0.177. The van der Waals surface area contributed by atoms with Crippen LogP contribution < -0.4 is 15.5 Å². The summed E-state index contributed by atoms with van der Waals surface area (Å²) in [7, 11) is 0. The van der Waals surface area contributed by atoms with Gasteiger partial charge in [0.05, 0.1) is 12.2 Å². The van der Waals surface area contributed by atoms with Crippen molar-refractivity contribution in [1.29, 1.82) is 0 Å². The predicted molar refractivity (Wildman–Crippen MR) is 210 cm³/mol. The Morgan fingerprint density at radius 1 is 0.760 bits per heavy atom. The highest BCUT2D eigenvalue weighted by atomic mass is 32.1. The van der Waals surface area contributed by atoms with E-state index in [1.807, 2.05) is 0 Å². The molecule has 254 valence electrons. The van der Waals surface area contributed by atoms with Crippen molar-refractivity contribution in [1.82, 2.24) is 10.6 Å². The normalized spacial score (nSPS) is 31.4. The first kappa shape index (κ1) is 30.9. The molecule has 0 saturated carbocycles. The van der Waals surface area contributed by atoms with Crippen molar-refractivity contribution in [2.24, 2.45) is 17.8 Å². The lowest BCUT2D eigenvalue weighted by atomic mass is 9.81. The third kappa shape index (κ3) is 5.51. The molecule has 7 unspecified atom stereocenters. The van der Waals surface area contributed by atoms with Crippen molar-refractivity contribution < 1.29 is 0 Å². The maximum atomic E-state index is 4.02. The van der Waals surface area contributed by atoms with E-state index in [2.05, 4.69) is 136 Å². The van der Waals surface area contributed by atoms with Crippen molar-refractivity contribution in [2.45, 2.75) is 94.8 Å². The maximum Gasteiger partial charge on any atom is 0.0839 e. The molecular formula is C46H49N3S. The van der Waals surface area contributed by atoms with Crippen LogP contribution in [0.1, 0.15) is 91.3 Å². The summed E-state index contributed by atoms with van der Waals surface area (Å²) < 4.78 is 1.51. The van der Waals surface area contributed by atoms with Gasteiger partial charge >= 0.3 is 0 Å². The van der Waals surface area contributed by atoms with E-state index in [1.165, 1.54) is 103 Å². The number of rotatable bonds is 5. The summed E-state index contributed by atoms with van der Waals surface area (Å²) in [5.41, 5.74) is 10.3. The van der Waals surface area contributed by atoms with Crippen LogP contribution in [0.4, 0.5) is 5.69 Å². The van der Waals surface area contributed by atoms with Crippen LogP contribution in [-0.2, 0) is 12.8 Å². The summed E-state index contributed by atoms with van der Waals surface area (Å²) in [6.07, 6.45) is 40.0. The standard InChI is InChI=1S/C46H49N3S/c1-2-10-33(11-3-1)46-47-40(31-20-18-30(19-21-31)34-24-27-39-38-14-6-9-17-44(38)50-45(39)28-34)29-41(48-46)32-22-25-35(26-23-32)49-42-15-7-4-12-36(42)37-13-5-8-16-43(37)49/h1-4,8,10,12,16,18,20,22-31,33,36,41-42,46-48H,5-7,9,11,13-15,17,19,21H2. The van der Waals surface area contributed by atoms with Gasteiger partial charge in [-0.15, -0.1) is 11.3 Å². The summed E-state index contributed by atoms with van der Waals surface area (Å²) in [5.74, 6) is 1.92. The zero-order valence-electron chi connectivity index (χ0n) is 29.1. The average Bonchev–Trinajstić information content (AvgIpc) is 3.74. The van der Waals surface area contributed by atoms with Gasteiger partial charge in [-0.05, 0) is 129 Å². The van der Waals surface area contributed by atoms with Gasteiger partial charge in [0.2, 0.25) is 0 Å². The van der Waals surface area contributed by atoms with Crippen molar-refractivity contribution in [3.8, 4) is 0 Å². The second-order valence-corrected chi connectivity index (χ2v) is 16.8. The third-order valence-corrected chi connectivity index (χ3v) is 14.0. The fourth-order valence-electron chi connectivity index (χ4n) is 10.1. The van der Waals surface area contributed by atoms with E-state index in [9.17, 15) is 0 Å². The molecule has 2 N–H and O–H groups in total. The number of fused-ring (bicyclic) bond motifs is 5. The van der Waals surface area contributed by atoms with Crippen molar-refractivity contribution in [3.05, 3.63) is 148 Å². The van der Waals surface area contributed by atoms with E-state index in [4.69, 9.17) is 0 Å². The molecule has 7 aliphatic rings. The lowest BCUT2D eigenvalue weighted by molar-refractivity contribution is 0.312. The Morgan fingerprint density at radius 2 is 1.64 bits per heavy atom. The first-order valence-electron chi connectivity index (χ1n) is 19.5. The number of nitrogens with one attached hydrogen (secondary N) is 2. The van der Waals surface area contributed by atoms with E-state index >= 15 is 0 Å². The minimum atomic E-state index is 0.177. The molecule has 1 aromatic heterocycles. The Morgan fingerprint density at radius 3 is 2.52 bits per heavy atom. The molecule has 50 heavy (non-hydrogen) atoms. The molecule has 5 aliphatic carbocycles. The summed E-state index contributed by atoms with van der Waals surface area (Å²) in [6, 6.07) is 17.7. The highest BCUT2D eigenvalue weighted by molar-refractivity contribution is 7.19. The van der Waals surface area contributed by atoms with Crippen LogP contribution in [0.2, 0.25) is 0 Å². The molecule has 3 nitrogen and oxygen atoms in total. The zero-order chi connectivity index (χ0) is 33.0. The molecule has 0 saturated heterocycles. The first-order chi connectivity index (χ1) is 24.8. The fourth-order valence-corrected chi connectivity index (χ4v) is 11.5. The average molecular weight is 676 g/mol. The van der Waals surface area contributed by atoms with Gasteiger partial charge in [-0.25, -0.2) is 0 Å². The molecule has 2 aromatic carbocycles.